The third-order valence-electron chi connectivity index (χ3n) is 2.59. The molecule has 0 saturated heterocycles. The minimum absolute atomic E-state index is 0.269. The van der Waals surface area contributed by atoms with E-state index in [9.17, 15) is 19.7 Å². The molecular weight excluding hydrogens is 391 g/mol. The maximum atomic E-state index is 12.1. The Bertz CT molecular complexity index is 784. The fraction of sp³-hybridized carbons (Fsp3) is 0.0769. The molecule has 7 nitrogen and oxygen atoms in total. The maximum Gasteiger partial charge on any atom is 0.376 e. The highest BCUT2D eigenvalue weighted by molar-refractivity contribution is 14.1. The van der Waals surface area contributed by atoms with Crippen molar-refractivity contribution < 1.29 is 14.5 Å². The quantitative estimate of drug-likeness (QED) is 0.369. The van der Waals surface area contributed by atoms with E-state index in [1.165, 1.54) is 19.1 Å². The largest absolute Gasteiger partial charge is 0.415 e. The number of carbonyl (C=O) groups is 1. The molecule has 2 rings (SSSR count). The number of H-pyrrole nitrogens is 1. The highest BCUT2D eigenvalue weighted by atomic mass is 127. The molecule has 0 atom stereocenters. The fourth-order valence-corrected chi connectivity index (χ4v) is 2.29. The van der Waals surface area contributed by atoms with Gasteiger partial charge in [-0.3, -0.25) is 14.9 Å². The molecule has 0 aliphatic rings. The molecule has 1 N–H and O–H groups in total. The zero-order valence-corrected chi connectivity index (χ0v) is 12.9. The third-order valence-corrected chi connectivity index (χ3v) is 3.53. The Morgan fingerprint density at radius 3 is 2.67 bits per heavy atom. The summed E-state index contributed by atoms with van der Waals surface area (Å²) in [5.41, 5.74) is -1.08. The van der Waals surface area contributed by atoms with Gasteiger partial charge in [0.25, 0.3) is 0 Å². The van der Waals surface area contributed by atoms with Gasteiger partial charge in [0, 0.05) is 15.3 Å². The Morgan fingerprint density at radius 1 is 1.38 bits per heavy atom. The van der Waals surface area contributed by atoms with Gasteiger partial charge in [-0.1, -0.05) is 12.1 Å². The van der Waals surface area contributed by atoms with Crippen molar-refractivity contribution in [2.75, 3.05) is 0 Å². The molecule has 8 heteroatoms. The SMILES string of the molecule is Cc1cc(OC(=O)c2ccccc2I)c([N+](=O)[O-])c(=O)[nH]1. The Labute approximate surface area is 132 Å². The maximum absolute atomic E-state index is 12.1. The molecule has 0 unspecified atom stereocenters. The van der Waals surface area contributed by atoms with E-state index in [4.69, 9.17) is 4.74 Å². The highest BCUT2D eigenvalue weighted by Crippen LogP contribution is 2.24. The predicted octanol–water partition coefficient (Wildman–Crippen LogP) is 2.42. The number of rotatable bonds is 3. The van der Waals surface area contributed by atoms with Crippen molar-refractivity contribution in [2.45, 2.75) is 6.92 Å². The predicted molar refractivity (Wildman–Crippen MR) is 82.6 cm³/mol. The Kier molecular flexibility index (Phi) is 4.36. The Hall–Kier alpha value is -2.23. The number of aryl methyl sites for hydroxylation is 1. The first-order chi connectivity index (χ1) is 9.90. The van der Waals surface area contributed by atoms with Gasteiger partial charge in [0.15, 0.2) is 0 Å². The summed E-state index contributed by atoms with van der Waals surface area (Å²) >= 11 is 1.95. The van der Waals surface area contributed by atoms with Crippen LogP contribution >= 0.6 is 22.6 Å². The number of pyridine rings is 1. The van der Waals surface area contributed by atoms with Gasteiger partial charge in [-0.05, 0) is 41.6 Å². The van der Waals surface area contributed by atoms with E-state index < -0.39 is 22.1 Å². The molecule has 0 bridgehead atoms. The van der Waals surface area contributed by atoms with Crippen molar-refractivity contribution in [2.24, 2.45) is 0 Å². The number of benzene rings is 1. The van der Waals surface area contributed by atoms with Crippen LogP contribution in [0.15, 0.2) is 35.1 Å². The van der Waals surface area contributed by atoms with E-state index in [0.29, 0.717) is 9.26 Å². The number of aromatic amines is 1. The van der Waals surface area contributed by atoms with Crippen molar-refractivity contribution in [3.8, 4) is 5.75 Å². The molecule has 0 aliphatic heterocycles. The molecular formula is C13H9IN2O5. The Morgan fingerprint density at radius 2 is 2.05 bits per heavy atom. The van der Waals surface area contributed by atoms with Crippen LogP contribution in [0.2, 0.25) is 0 Å². The first-order valence-corrected chi connectivity index (χ1v) is 6.83. The second-order valence-corrected chi connectivity index (χ2v) is 5.28. The molecule has 1 aromatic carbocycles. The van der Waals surface area contributed by atoms with Crippen LogP contribution in [0.4, 0.5) is 5.69 Å². The standard InChI is InChI=1S/C13H9IN2O5/c1-7-6-10(11(16(19)20)12(17)15-7)21-13(18)8-4-2-3-5-9(8)14/h2-6H,1H3,(H,15,17). The number of esters is 1. The van der Waals surface area contributed by atoms with E-state index in [-0.39, 0.29) is 11.3 Å². The van der Waals surface area contributed by atoms with Gasteiger partial charge in [-0.15, -0.1) is 0 Å². The number of aromatic nitrogens is 1. The molecule has 0 fully saturated rings. The van der Waals surface area contributed by atoms with Crippen LogP contribution in [-0.2, 0) is 0 Å². The average molecular weight is 400 g/mol. The number of hydrogen-bond acceptors (Lipinski definition) is 5. The topological polar surface area (TPSA) is 102 Å². The summed E-state index contributed by atoms with van der Waals surface area (Å²) in [4.78, 5) is 36.0. The van der Waals surface area contributed by atoms with Gasteiger partial charge in [0.1, 0.15) is 0 Å². The van der Waals surface area contributed by atoms with Crippen LogP contribution < -0.4 is 10.3 Å². The summed E-state index contributed by atoms with van der Waals surface area (Å²) in [5, 5.41) is 10.9. The van der Waals surface area contributed by atoms with Crippen molar-refractivity contribution >= 4 is 34.2 Å². The van der Waals surface area contributed by atoms with E-state index in [1.54, 1.807) is 18.2 Å². The number of halogens is 1. The lowest BCUT2D eigenvalue weighted by Gasteiger charge is -2.06. The lowest BCUT2D eigenvalue weighted by Crippen LogP contribution is -2.17. The van der Waals surface area contributed by atoms with Crippen LogP contribution in [0.1, 0.15) is 16.1 Å². The van der Waals surface area contributed by atoms with E-state index in [1.807, 2.05) is 22.6 Å². The summed E-state index contributed by atoms with van der Waals surface area (Å²) in [5.74, 6) is -1.13. The molecule has 1 aromatic heterocycles. The molecule has 0 spiro atoms. The van der Waals surface area contributed by atoms with Gasteiger partial charge in [-0.2, -0.15) is 0 Å². The van der Waals surface area contributed by atoms with Crippen LogP contribution in [0, 0.1) is 20.6 Å². The van der Waals surface area contributed by atoms with Crippen LogP contribution in [0.5, 0.6) is 5.75 Å². The number of nitrogens with one attached hydrogen (secondary N) is 1. The van der Waals surface area contributed by atoms with E-state index in [2.05, 4.69) is 4.98 Å². The van der Waals surface area contributed by atoms with Crippen LogP contribution in [0.3, 0.4) is 0 Å². The second kappa shape index (κ2) is 6.04. The summed E-state index contributed by atoms with van der Waals surface area (Å²) in [7, 11) is 0. The lowest BCUT2D eigenvalue weighted by molar-refractivity contribution is -0.387. The summed E-state index contributed by atoms with van der Waals surface area (Å²) in [6, 6.07) is 7.88. The molecule has 2 aromatic rings. The smallest absolute Gasteiger partial charge is 0.376 e. The molecule has 0 saturated carbocycles. The number of nitrogens with zero attached hydrogens (tertiary/aromatic N) is 1. The van der Waals surface area contributed by atoms with Crippen molar-refractivity contribution in [3.63, 3.8) is 0 Å². The Balaban J connectivity index is 2.45. The van der Waals surface area contributed by atoms with Crippen molar-refractivity contribution in [3.05, 3.63) is 65.6 Å². The summed E-state index contributed by atoms with van der Waals surface area (Å²) in [6.45, 7) is 1.54. The average Bonchev–Trinajstić information content (AvgIpc) is 2.37. The fourth-order valence-electron chi connectivity index (χ4n) is 1.68. The van der Waals surface area contributed by atoms with Gasteiger partial charge in [0.05, 0.1) is 10.5 Å². The van der Waals surface area contributed by atoms with Crippen LogP contribution in [-0.4, -0.2) is 15.9 Å². The van der Waals surface area contributed by atoms with E-state index >= 15 is 0 Å². The van der Waals surface area contributed by atoms with Gasteiger partial charge >= 0.3 is 17.2 Å². The van der Waals surface area contributed by atoms with Crippen molar-refractivity contribution in [1.29, 1.82) is 0 Å². The minimum Gasteiger partial charge on any atom is -0.415 e. The molecule has 0 amide bonds. The zero-order chi connectivity index (χ0) is 15.6. The summed E-state index contributed by atoms with van der Waals surface area (Å²) in [6.07, 6.45) is 0. The molecule has 108 valence electrons. The van der Waals surface area contributed by atoms with Crippen LogP contribution in [0.25, 0.3) is 0 Å². The first kappa shape index (κ1) is 15.2. The van der Waals surface area contributed by atoms with Gasteiger partial charge in [0.2, 0.25) is 5.75 Å². The normalized spacial score (nSPS) is 10.2. The van der Waals surface area contributed by atoms with Gasteiger partial charge < -0.3 is 9.72 Å². The van der Waals surface area contributed by atoms with Crippen molar-refractivity contribution in [1.82, 2.24) is 4.98 Å². The molecule has 1 heterocycles. The first-order valence-electron chi connectivity index (χ1n) is 5.75. The number of nitro groups is 1. The van der Waals surface area contributed by atoms with Gasteiger partial charge in [-0.25, -0.2) is 4.79 Å². The zero-order valence-electron chi connectivity index (χ0n) is 10.8. The monoisotopic (exact) mass is 400 g/mol. The molecule has 0 radical (unpaired) electrons. The minimum atomic E-state index is -0.912. The molecule has 0 aliphatic carbocycles. The van der Waals surface area contributed by atoms with E-state index in [0.717, 1.165) is 0 Å². The lowest BCUT2D eigenvalue weighted by atomic mass is 10.2. The highest BCUT2D eigenvalue weighted by Gasteiger charge is 2.24. The summed E-state index contributed by atoms with van der Waals surface area (Å²) < 4.78 is 5.67. The number of ether oxygens (including phenoxy) is 1. The third kappa shape index (κ3) is 3.27. The second-order valence-electron chi connectivity index (χ2n) is 4.12. The number of hydrogen-bond donors (Lipinski definition) is 1. The number of carbonyl (C=O) groups excluding carboxylic acids is 1. The molecule has 21 heavy (non-hydrogen) atoms.